The molecule has 0 saturated heterocycles. The Morgan fingerprint density at radius 2 is 1.38 bits per heavy atom. The number of halogens is 2. The molecule has 16 heavy (non-hydrogen) atoms. The maximum Gasteiger partial charge on any atom is 0.0406 e. The first-order chi connectivity index (χ1) is 7.83. The zero-order chi connectivity index (χ0) is 11.6. The van der Waals surface area contributed by atoms with E-state index < -0.39 is 0 Å². The molecule has 0 aliphatic heterocycles. The van der Waals surface area contributed by atoms with E-state index in [0.717, 1.165) is 10.4 Å². The molecule has 1 aromatic carbocycles. The molecule has 0 N–H and O–H groups in total. The lowest BCUT2D eigenvalue weighted by atomic mass is 10.1. The molecule has 0 aliphatic carbocycles. The first kappa shape index (κ1) is 14.1. The molecule has 0 atom stereocenters. The highest BCUT2D eigenvalue weighted by Gasteiger charge is 1.94. The highest BCUT2D eigenvalue weighted by molar-refractivity contribution is 9.09. The van der Waals surface area contributed by atoms with Gasteiger partial charge >= 0.3 is 0 Å². The van der Waals surface area contributed by atoms with Gasteiger partial charge in [-0.05, 0) is 37.0 Å². The van der Waals surface area contributed by atoms with Crippen molar-refractivity contribution in [1.82, 2.24) is 0 Å². The standard InChI is InChI=1S/C14H20BrCl/c15-12-6-4-2-1-3-5-7-13-8-10-14(16)11-9-13/h8-11H,1-7,12H2. The highest BCUT2D eigenvalue weighted by atomic mass is 79.9. The van der Waals surface area contributed by atoms with Crippen molar-refractivity contribution in [1.29, 1.82) is 0 Å². The third-order valence-corrected chi connectivity index (χ3v) is 3.58. The maximum atomic E-state index is 5.84. The molecule has 0 bridgehead atoms. The van der Waals surface area contributed by atoms with Crippen LogP contribution in [0.2, 0.25) is 5.02 Å². The number of hydrogen-bond acceptors (Lipinski definition) is 0. The molecule has 0 heterocycles. The van der Waals surface area contributed by atoms with Crippen LogP contribution in [0.1, 0.15) is 44.1 Å². The fraction of sp³-hybridized carbons (Fsp3) is 0.571. The Morgan fingerprint density at radius 1 is 0.812 bits per heavy atom. The second-order valence-electron chi connectivity index (χ2n) is 4.19. The van der Waals surface area contributed by atoms with Crippen molar-refractivity contribution in [2.45, 2.75) is 44.9 Å². The van der Waals surface area contributed by atoms with E-state index in [0.29, 0.717) is 0 Å². The first-order valence-corrected chi connectivity index (χ1v) is 7.63. The Bertz CT molecular complexity index is 269. The third kappa shape index (κ3) is 6.55. The minimum atomic E-state index is 0.832. The lowest BCUT2D eigenvalue weighted by molar-refractivity contribution is 0.610. The SMILES string of the molecule is Clc1ccc(CCCCCCCCBr)cc1. The van der Waals surface area contributed by atoms with E-state index in [4.69, 9.17) is 11.6 Å². The summed E-state index contributed by atoms with van der Waals surface area (Å²) < 4.78 is 0. The van der Waals surface area contributed by atoms with Gasteiger partial charge in [0.25, 0.3) is 0 Å². The van der Waals surface area contributed by atoms with Crippen molar-refractivity contribution in [2.24, 2.45) is 0 Å². The number of benzene rings is 1. The van der Waals surface area contributed by atoms with Gasteiger partial charge in [-0.2, -0.15) is 0 Å². The van der Waals surface area contributed by atoms with Crippen LogP contribution in [0.25, 0.3) is 0 Å². The average molecular weight is 304 g/mol. The van der Waals surface area contributed by atoms with Crippen LogP contribution in [0, 0.1) is 0 Å². The second kappa shape index (κ2) is 9.07. The van der Waals surface area contributed by atoms with Crippen LogP contribution in [0.15, 0.2) is 24.3 Å². The summed E-state index contributed by atoms with van der Waals surface area (Å²) in [5.74, 6) is 0. The lowest BCUT2D eigenvalue weighted by Crippen LogP contribution is -1.86. The van der Waals surface area contributed by atoms with Gasteiger partial charge in [0.05, 0.1) is 0 Å². The Balaban J connectivity index is 2.01. The monoisotopic (exact) mass is 302 g/mol. The van der Waals surface area contributed by atoms with Crippen LogP contribution >= 0.6 is 27.5 Å². The Morgan fingerprint density at radius 3 is 2.00 bits per heavy atom. The van der Waals surface area contributed by atoms with Gasteiger partial charge in [-0.25, -0.2) is 0 Å². The van der Waals surface area contributed by atoms with Gasteiger partial charge in [0.1, 0.15) is 0 Å². The molecule has 90 valence electrons. The number of aryl methyl sites for hydroxylation is 1. The van der Waals surface area contributed by atoms with Crippen LogP contribution in [-0.4, -0.2) is 5.33 Å². The number of unbranched alkanes of at least 4 members (excludes halogenated alkanes) is 5. The molecule has 1 rings (SSSR count). The summed E-state index contributed by atoms with van der Waals surface area (Å²) >= 11 is 9.30. The van der Waals surface area contributed by atoms with Crippen LogP contribution in [0.5, 0.6) is 0 Å². The molecule has 0 fully saturated rings. The minimum absolute atomic E-state index is 0.832. The van der Waals surface area contributed by atoms with Crippen LogP contribution in [0.4, 0.5) is 0 Å². The van der Waals surface area contributed by atoms with E-state index in [-0.39, 0.29) is 0 Å². The van der Waals surface area contributed by atoms with Crippen LogP contribution < -0.4 is 0 Å². The van der Waals surface area contributed by atoms with Gasteiger partial charge in [0, 0.05) is 10.4 Å². The molecular weight excluding hydrogens is 284 g/mol. The van der Waals surface area contributed by atoms with Gasteiger partial charge in [-0.1, -0.05) is 65.3 Å². The molecule has 2 heteroatoms. The van der Waals surface area contributed by atoms with Crippen molar-refractivity contribution < 1.29 is 0 Å². The van der Waals surface area contributed by atoms with E-state index in [1.165, 1.54) is 50.5 Å². The Labute approximate surface area is 113 Å². The molecule has 0 saturated carbocycles. The van der Waals surface area contributed by atoms with Crippen molar-refractivity contribution >= 4 is 27.5 Å². The molecule has 1 aromatic rings. The van der Waals surface area contributed by atoms with Crippen molar-refractivity contribution in [2.75, 3.05) is 5.33 Å². The summed E-state index contributed by atoms with van der Waals surface area (Å²) in [4.78, 5) is 0. The number of alkyl halides is 1. The largest absolute Gasteiger partial charge is 0.0928 e. The predicted octanol–water partition coefficient (Wildman–Crippen LogP) is 5.62. The molecule has 0 spiro atoms. The minimum Gasteiger partial charge on any atom is -0.0928 e. The molecular formula is C14H20BrCl. The van der Waals surface area contributed by atoms with Crippen LogP contribution in [0.3, 0.4) is 0 Å². The zero-order valence-electron chi connectivity index (χ0n) is 9.72. The Kier molecular flexibility index (Phi) is 7.96. The van der Waals surface area contributed by atoms with Gasteiger partial charge in [-0.3, -0.25) is 0 Å². The molecule has 0 aromatic heterocycles. The first-order valence-electron chi connectivity index (χ1n) is 6.13. The normalized spacial score (nSPS) is 10.6. The quantitative estimate of drug-likeness (QED) is 0.432. The molecule has 0 unspecified atom stereocenters. The lowest BCUT2D eigenvalue weighted by Gasteiger charge is -2.02. The smallest absolute Gasteiger partial charge is 0.0406 e. The third-order valence-electron chi connectivity index (χ3n) is 2.76. The van der Waals surface area contributed by atoms with Crippen LogP contribution in [-0.2, 0) is 6.42 Å². The summed E-state index contributed by atoms with van der Waals surface area (Å²) in [6, 6.07) is 8.22. The fourth-order valence-corrected chi connectivity index (χ4v) is 2.30. The van der Waals surface area contributed by atoms with Crippen molar-refractivity contribution in [3.05, 3.63) is 34.9 Å². The second-order valence-corrected chi connectivity index (χ2v) is 5.42. The fourth-order valence-electron chi connectivity index (χ4n) is 1.78. The zero-order valence-corrected chi connectivity index (χ0v) is 12.1. The van der Waals surface area contributed by atoms with E-state index in [1.54, 1.807) is 0 Å². The van der Waals surface area contributed by atoms with E-state index >= 15 is 0 Å². The van der Waals surface area contributed by atoms with Crippen molar-refractivity contribution in [3.63, 3.8) is 0 Å². The van der Waals surface area contributed by atoms with Crippen molar-refractivity contribution in [3.8, 4) is 0 Å². The summed E-state index contributed by atoms with van der Waals surface area (Å²) in [7, 11) is 0. The average Bonchev–Trinajstić information content (AvgIpc) is 2.30. The van der Waals surface area contributed by atoms with Gasteiger partial charge in [0.2, 0.25) is 0 Å². The summed E-state index contributed by atoms with van der Waals surface area (Å²) in [5.41, 5.74) is 1.41. The summed E-state index contributed by atoms with van der Waals surface area (Å²) in [6.45, 7) is 0. The molecule has 0 aliphatic rings. The summed E-state index contributed by atoms with van der Waals surface area (Å²) in [6.07, 6.45) is 9.28. The topological polar surface area (TPSA) is 0 Å². The van der Waals surface area contributed by atoms with Gasteiger partial charge in [0.15, 0.2) is 0 Å². The van der Waals surface area contributed by atoms with E-state index in [9.17, 15) is 0 Å². The maximum absolute atomic E-state index is 5.84. The highest BCUT2D eigenvalue weighted by Crippen LogP contribution is 2.13. The molecule has 0 radical (unpaired) electrons. The Hall–Kier alpha value is -0.0100. The van der Waals surface area contributed by atoms with E-state index in [1.807, 2.05) is 12.1 Å². The number of hydrogen-bond donors (Lipinski definition) is 0. The van der Waals surface area contributed by atoms with Gasteiger partial charge < -0.3 is 0 Å². The van der Waals surface area contributed by atoms with Gasteiger partial charge in [-0.15, -0.1) is 0 Å². The molecule has 0 amide bonds. The summed E-state index contributed by atoms with van der Waals surface area (Å²) in [5, 5.41) is 1.98. The van der Waals surface area contributed by atoms with E-state index in [2.05, 4.69) is 28.1 Å². The predicted molar refractivity (Wildman–Crippen MR) is 76.7 cm³/mol. The number of rotatable bonds is 8. The molecule has 0 nitrogen and oxygen atoms in total.